The molecule has 0 spiro atoms. The fraction of sp³-hybridized carbons (Fsp3) is 0.217. The topological polar surface area (TPSA) is 52.0 Å². The van der Waals surface area contributed by atoms with Crippen molar-refractivity contribution in [2.45, 2.75) is 18.9 Å². The van der Waals surface area contributed by atoms with Crippen LogP contribution in [0, 0.1) is 0 Å². The van der Waals surface area contributed by atoms with Gasteiger partial charge >= 0.3 is 0 Å². The van der Waals surface area contributed by atoms with Crippen molar-refractivity contribution in [2.75, 3.05) is 18.5 Å². The average molecular weight is 370 g/mol. The van der Waals surface area contributed by atoms with Crippen LogP contribution in [-0.2, 0) is 4.74 Å². The molecule has 1 aliphatic rings. The number of aromatic nitrogens is 3. The first-order valence-electron chi connectivity index (χ1n) is 9.72. The molecule has 28 heavy (non-hydrogen) atoms. The molecule has 2 aromatic heterocycles. The normalized spacial score (nSPS) is 16.5. The Kier molecular flexibility index (Phi) is 4.51. The van der Waals surface area contributed by atoms with Crippen LogP contribution in [0.4, 0.5) is 5.82 Å². The van der Waals surface area contributed by atoms with E-state index in [1.165, 1.54) is 0 Å². The highest BCUT2D eigenvalue weighted by Gasteiger charge is 2.19. The smallest absolute Gasteiger partial charge is 0.150 e. The zero-order valence-corrected chi connectivity index (χ0v) is 15.6. The fourth-order valence-corrected chi connectivity index (χ4v) is 3.83. The molecule has 1 saturated heterocycles. The molecule has 1 aliphatic heterocycles. The third-order valence-electron chi connectivity index (χ3n) is 5.22. The molecule has 0 aliphatic carbocycles. The van der Waals surface area contributed by atoms with Gasteiger partial charge in [0, 0.05) is 30.6 Å². The Labute approximate surface area is 164 Å². The highest BCUT2D eigenvalue weighted by molar-refractivity contribution is 6.02. The van der Waals surface area contributed by atoms with Gasteiger partial charge in [-0.1, -0.05) is 48.5 Å². The third-order valence-corrected chi connectivity index (χ3v) is 5.22. The van der Waals surface area contributed by atoms with Crippen molar-refractivity contribution in [2.24, 2.45) is 0 Å². The average Bonchev–Trinajstić information content (AvgIpc) is 3.42. The third kappa shape index (κ3) is 3.14. The van der Waals surface area contributed by atoms with Gasteiger partial charge in [0.05, 0.1) is 11.5 Å². The number of benzene rings is 2. The van der Waals surface area contributed by atoms with Crippen LogP contribution < -0.4 is 5.32 Å². The van der Waals surface area contributed by atoms with Crippen LogP contribution >= 0.6 is 0 Å². The van der Waals surface area contributed by atoms with Gasteiger partial charge in [0.1, 0.15) is 12.1 Å². The van der Waals surface area contributed by atoms with E-state index in [1.807, 2.05) is 24.3 Å². The zero-order chi connectivity index (χ0) is 18.8. The minimum Gasteiger partial charge on any atom is -0.376 e. The fourth-order valence-electron chi connectivity index (χ4n) is 3.83. The van der Waals surface area contributed by atoms with Crippen LogP contribution in [0.3, 0.4) is 0 Å². The second-order valence-electron chi connectivity index (χ2n) is 7.05. The number of fused-ring (bicyclic) bond motifs is 1. The van der Waals surface area contributed by atoms with E-state index in [0.717, 1.165) is 59.7 Å². The molecule has 5 rings (SSSR count). The molecule has 1 fully saturated rings. The summed E-state index contributed by atoms with van der Waals surface area (Å²) in [6.45, 7) is 1.61. The maximum absolute atomic E-state index is 5.77. The second-order valence-corrected chi connectivity index (χ2v) is 7.05. The molecule has 1 unspecified atom stereocenters. The van der Waals surface area contributed by atoms with Gasteiger partial charge in [-0.05, 0) is 30.5 Å². The molecule has 140 valence electrons. The predicted molar refractivity (Wildman–Crippen MR) is 112 cm³/mol. The molecule has 2 aromatic carbocycles. The monoisotopic (exact) mass is 370 g/mol. The van der Waals surface area contributed by atoms with Gasteiger partial charge in [-0.25, -0.2) is 9.97 Å². The summed E-state index contributed by atoms with van der Waals surface area (Å²) in [5.74, 6) is 0.856. The van der Waals surface area contributed by atoms with E-state index in [4.69, 9.17) is 4.74 Å². The number of hydrogen-bond donors (Lipinski definition) is 1. The quantitative estimate of drug-likeness (QED) is 0.554. The number of rotatable bonds is 5. The summed E-state index contributed by atoms with van der Waals surface area (Å²) in [4.78, 5) is 9.19. The Balaban J connectivity index is 1.65. The van der Waals surface area contributed by atoms with E-state index in [2.05, 4.69) is 62.4 Å². The Morgan fingerprint density at radius 3 is 2.54 bits per heavy atom. The molecule has 0 radical (unpaired) electrons. The van der Waals surface area contributed by atoms with Crippen molar-refractivity contribution in [1.29, 1.82) is 0 Å². The maximum atomic E-state index is 5.77. The molecule has 0 bridgehead atoms. The Hall–Kier alpha value is -3.18. The molecule has 5 nitrogen and oxygen atoms in total. The van der Waals surface area contributed by atoms with Crippen LogP contribution in [0.5, 0.6) is 0 Å². The standard InChI is InChI=1S/C23H22N4O/c1-3-8-17(9-4-1)20-15-27(18-10-5-2-6-11-18)23-21(20)22(25-16-26-23)24-14-19-12-7-13-28-19/h1-6,8-11,15-16,19H,7,12-14H2,(H,24,25,26). The first kappa shape index (κ1) is 17.0. The number of hydrogen-bond acceptors (Lipinski definition) is 4. The minimum absolute atomic E-state index is 0.251. The van der Waals surface area contributed by atoms with Crippen molar-refractivity contribution in [3.05, 3.63) is 73.2 Å². The molecular weight excluding hydrogens is 348 g/mol. The van der Waals surface area contributed by atoms with Gasteiger partial charge < -0.3 is 14.6 Å². The summed E-state index contributed by atoms with van der Waals surface area (Å²) in [5, 5.41) is 4.55. The summed E-state index contributed by atoms with van der Waals surface area (Å²) in [5.41, 5.74) is 4.25. The van der Waals surface area contributed by atoms with Crippen LogP contribution in [-0.4, -0.2) is 33.8 Å². The number of nitrogens with zero attached hydrogens (tertiary/aromatic N) is 3. The summed E-state index contributed by atoms with van der Waals surface area (Å²) >= 11 is 0. The minimum atomic E-state index is 0.251. The van der Waals surface area contributed by atoms with Crippen LogP contribution in [0.2, 0.25) is 0 Å². The molecule has 0 amide bonds. The summed E-state index contributed by atoms with van der Waals surface area (Å²) in [7, 11) is 0. The number of nitrogens with one attached hydrogen (secondary N) is 1. The van der Waals surface area contributed by atoms with Gasteiger partial charge in [0.15, 0.2) is 5.65 Å². The lowest BCUT2D eigenvalue weighted by molar-refractivity contribution is 0.120. The Morgan fingerprint density at radius 2 is 1.79 bits per heavy atom. The molecule has 1 N–H and O–H groups in total. The lowest BCUT2D eigenvalue weighted by Crippen LogP contribution is -2.19. The van der Waals surface area contributed by atoms with Crippen LogP contribution in [0.25, 0.3) is 27.8 Å². The molecular formula is C23H22N4O. The second kappa shape index (κ2) is 7.44. The van der Waals surface area contributed by atoms with Crippen molar-refractivity contribution in [3.63, 3.8) is 0 Å². The molecule has 3 heterocycles. The van der Waals surface area contributed by atoms with Crippen LogP contribution in [0.1, 0.15) is 12.8 Å². The molecule has 1 atom stereocenters. The van der Waals surface area contributed by atoms with Gasteiger partial charge in [-0.3, -0.25) is 0 Å². The number of ether oxygens (including phenoxy) is 1. The van der Waals surface area contributed by atoms with Gasteiger partial charge in [0.25, 0.3) is 0 Å². The van der Waals surface area contributed by atoms with Crippen molar-refractivity contribution >= 4 is 16.9 Å². The maximum Gasteiger partial charge on any atom is 0.150 e. The van der Waals surface area contributed by atoms with E-state index < -0.39 is 0 Å². The van der Waals surface area contributed by atoms with Gasteiger partial charge in [-0.2, -0.15) is 0 Å². The van der Waals surface area contributed by atoms with Crippen molar-refractivity contribution in [3.8, 4) is 16.8 Å². The van der Waals surface area contributed by atoms with E-state index in [-0.39, 0.29) is 6.10 Å². The first-order valence-corrected chi connectivity index (χ1v) is 9.72. The number of anilines is 1. The highest BCUT2D eigenvalue weighted by atomic mass is 16.5. The van der Waals surface area contributed by atoms with Crippen molar-refractivity contribution in [1.82, 2.24) is 14.5 Å². The van der Waals surface area contributed by atoms with E-state index in [9.17, 15) is 0 Å². The lowest BCUT2D eigenvalue weighted by atomic mass is 10.1. The van der Waals surface area contributed by atoms with Crippen molar-refractivity contribution < 1.29 is 4.74 Å². The van der Waals surface area contributed by atoms with Gasteiger partial charge in [0.2, 0.25) is 0 Å². The number of para-hydroxylation sites is 1. The molecule has 4 aromatic rings. The molecule has 0 saturated carbocycles. The predicted octanol–water partition coefficient (Wildman–Crippen LogP) is 4.68. The van der Waals surface area contributed by atoms with E-state index in [1.54, 1.807) is 6.33 Å². The SMILES string of the molecule is c1ccc(-c2cn(-c3ccccc3)c3ncnc(NCC4CCCO4)c23)cc1. The largest absolute Gasteiger partial charge is 0.376 e. The van der Waals surface area contributed by atoms with Crippen LogP contribution in [0.15, 0.2) is 73.2 Å². The Morgan fingerprint density at radius 1 is 1.00 bits per heavy atom. The summed E-state index contributed by atoms with van der Waals surface area (Å²) in [6.07, 6.45) is 6.26. The molecule has 5 heteroatoms. The Bertz CT molecular complexity index is 1070. The zero-order valence-electron chi connectivity index (χ0n) is 15.6. The van der Waals surface area contributed by atoms with E-state index in [0.29, 0.717) is 0 Å². The first-order chi connectivity index (χ1) is 13.9. The highest BCUT2D eigenvalue weighted by Crippen LogP contribution is 2.35. The van der Waals surface area contributed by atoms with E-state index >= 15 is 0 Å². The summed E-state index contributed by atoms with van der Waals surface area (Å²) in [6, 6.07) is 20.7. The van der Waals surface area contributed by atoms with Gasteiger partial charge in [-0.15, -0.1) is 0 Å². The lowest BCUT2D eigenvalue weighted by Gasteiger charge is -2.12. The summed E-state index contributed by atoms with van der Waals surface area (Å²) < 4.78 is 7.90.